The Morgan fingerprint density at radius 1 is 1.56 bits per heavy atom. The normalized spacial score (nSPS) is 19.0. The average Bonchev–Trinajstić information content (AvgIpc) is 2.24. The molecule has 18 heavy (non-hydrogen) atoms. The minimum Gasteiger partial charge on any atom is -0.481 e. The molecule has 1 saturated heterocycles. The largest absolute Gasteiger partial charge is 0.481 e. The molecule has 2 rings (SSSR count). The van der Waals surface area contributed by atoms with Crippen LogP contribution >= 0.6 is 11.6 Å². The van der Waals surface area contributed by atoms with Crippen molar-refractivity contribution in [3.63, 3.8) is 0 Å². The highest BCUT2D eigenvalue weighted by molar-refractivity contribution is 6.30. The summed E-state index contributed by atoms with van der Waals surface area (Å²) in [7, 11) is 0. The van der Waals surface area contributed by atoms with Gasteiger partial charge in [-0.25, -0.2) is 0 Å². The molecule has 1 unspecified atom stereocenters. The van der Waals surface area contributed by atoms with Gasteiger partial charge in [0.05, 0.1) is 18.7 Å². The molecule has 0 aliphatic carbocycles. The number of carbonyl (C=O) groups is 1. The molecule has 0 radical (unpaired) electrons. The summed E-state index contributed by atoms with van der Waals surface area (Å²) in [6.45, 7) is 4.11. The van der Waals surface area contributed by atoms with Crippen LogP contribution < -0.4 is 4.74 Å². The van der Waals surface area contributed by atoms with Crippen molar-refractivity contribution in [2.75, 3.05) is 13.1 Å². The van der Waals surface area contributed by atoms with Crippen molar-refractivity contribution >= 4 is 17.5 Å². The van der Waals surface area contributed by atoms with E-state index in [0.717, 1.165) is 0 Å². The van der Waals surface area contributed by atoms with E-state index in [4.69, 9.17) is 16.3 Å². The molecule has 0 bridgehead atoms. The van der Waals surface area contributed by atoms with E-state index < -0.39 is 11.7 Å². The lowest BCUT2D eigenvalue weighted by molar-refractivity contribution is -0.158. The lowest BCUT2D eigenvalue weighted by Crippen LogP contribution is -2.63. The number of rotatable bonds is 3. The van der Waals surface area contributed by atoms with Crippen molar-refractivity contribution in [2.45, 2.75) is 25.6 Å². The molecule has 1 amide bonds. The number of likely N-dealkylation sites (tertiary alicyclic amines) is 1. The molecular weight excluding hydrogens is 254 g/mol. The number of ether oxygens (including phenoxy) is 1. The summed E-state index contributed by atoms with van der Waals surface area (Å²) in [6, 6.07) is 6.93. The molecule has 5 heteroatoms. The smallest absolute Gasteiger partial charge is 0.263 e. The highest BCUT2D eigenvalue weighted by atomic mass is 35.5. The highest BCUT2D eigenvalue weighted by Gasteiger charge is 2.41. The van der Waals surface area contributed by atoms with Gasteiger partial charge in [0.1, 0.15) is 5.75 Å². The first-order valence-corrected chi connectivity index (χ1v) is 6.19. The first kappa shape index (κ1) is 13.2. The minimum absolute atomic E-state index is 0.124. The lowest BCUT2D eigenvalue weighted by atomic mass is 9.96. The maximum atomic E-state index is 12.0. The zero-order valence-corrected chi connectivity index (χ0v) is 11.1. The first-order valence-electron chi connectivity index (χ1n) is 5.81. The standard InChI is InChI=1S/C13H16ClNO3/c1-9(12(16)15-7-13(2,17)8-15)18-11-5-3-4-10(14)6-11/h3-6,9,17H,7-8H2,1-2H3. The third-order valence-electron chi connectivity index (χ3n) is 2.83. The fourth-order valence-corrected chi connectivity index (χ4v) is 2.16. The second-order valence-corrected chi connectivity index (χ2v) is 5.35. The van der Waals surface area contributed by atoms with Crippen molar-refractivity contribution < 1.29 is 14.6 Å². The van der Waals surface area contributed by atoms with Gasteiger partial charge in [-0.05, 0) is 32.0 Å². The maximum absolute atomic E-state index is 12.0. The Kier molecular flexibility index (Phi) is 3.50. The number of hydrogen-bond donors (Lipinski definition) is 1. The van der Waals surface area contributed by atoms with E-state index in [2.05, 4.69) is 0 Å². The van der Waals surface area contributed by atoms with Crippen molar-refractivity contribution in [3.8, 4) is 5.75 Å². The number of β-amino-alcohol motifs (C(OH)–C–C–N with tert-alkyl or cyclic N) is 1. The summed E-state index contributed by atoms with van der Waals surface area (Å²) in [6.07, 6.45) is -0.584. The molecule has 1 atom stereocenters. The molecule has 1 fully saturated rings. The summed E-state index contributed by atoms with van der Waals surface area (Å²) in [5, 5.41) is 10.2. The molecule has 1 aromatic carbocycles. The summed E-state index contributed by atoms with van der Waals surface area (Å²) in [5.41, 5.74) is -0.758. The van der Waals surface area contributed by atoms with Gasteiger partial charge < -0.3 is 14.7 Å². The quantitative estimate of drug-likeness (QED) is 0.909. The molecule has 4 nitrogen and oxygen atoms in total. The fourth-order valence-electron chi connectivity index (χ4n) is 1.98. The van der Waals surface area contributed by atoms with Crippen molar-refractivity contribution in [3.05, 3.63) is 29.3 Å². The minimum atomic E-state index is -0.758. The van der Waals surface area contributed by atoms with E-state index in [9.17, 15) is 9.90 Å². The summed E-state index contributed by atoms with van der Waals surface area (Å²) >= 11 is 5.84. The Bertz CT molecular complexity index is 453. The van der Waals surface area contributed by atoms with Crippen LogP contribution in [-0.4, -0.2) is 40.7 Å². The Balaban J connectivity index is 1.92. The number of halogens is 1. The van der Waals surface area contributed by atoms with Crippen molar-refractivity contribution in [2.24, 2.45) is 0 Å². The fraction of sp³-hybridized carbons (Fsp3) is 0.462. The molecule has 1 N–H and O–H groups in total. The van der Waals surface area contributed by atoms with Crippen LogP contribution in [0, 0.1) is 0 Å². The number of nitrogens with zero attached hydrogens (tertiary/aromatic N) is 1. The zero-order chi connectivity index (χ0) is 13.3. The van der Waals surface area contributed by atoms with Gasteiger partial charge in [-0.3, -0.25) is 4.79 Å². The van der Waals surface area contributed by atoms with E-state index in [1.807, 2.05) is 0 Å². The lowest BCUT2D eigenvalue weighted by Gasteiger charge is -2.44. The van der Waals surface area contributed by atoms with Crippen LogP contribution in [0.2, 0.25) is 5.02 Å². The first-order chi connectivity index (χ1) is 8.37. The van der Waals surface area contributed by atoms with Crippen LogP contribution in [0.3, 0.4) is 0 Å². The predicted molar refractivity (Wildman–Crippen MR) is 68.7 cm³/mol. The Hall–Kier alpha value is -1.26. The number of benzene rings is 1. The van der Waals surface area contributed by atoms with E-state index in [-0.39, 0.29) is 5.91 Å². The SMILES string of the molecule is CC(Oc1cccc(Cl)c1)C(=O)N1CC(C)(O)C1. The van der Waals surface area contributed by atoms with Crippen LogP contribution in [0.5, 0.6) is 5.75 Å². The summed E-state index contributed by atoms with van der Waals surface area (Å²) in [5.74, 6) is 0.442. The number of amides is 1. The van der Waals surface area contributed by atoms with E-state index in [1.54, 1.807) is 43.0 Å². The molecule has 1 aliphatic heterocycles. The highest BCUT2D eigenvalue weighted by Crippen LogP contribution is 2.23. The van der Waals surface area contributed by atoms with Crippen molar-refractivity contribution in [1.29, 1.82) is 0 Å². The third-order valence-corrected chi connectivity index (χ3v) is 3.07. The molecule has 0 aromatic heterocycles. The van der Waals surface area contributed by atoms with Gasteiger partial charge in [0.15, 0.2) is 6.10 Å². The number of carbonyl (C=O) groups excluding carboxylic acids is 1. The summed E-state index contributed by atoms with van der Waals surface area (Å²) in [4.78, 5) is 13.5. The second kappa shape index (κ2) is 4.78. The topological polar surface area (TPSA) is 49.8 Å². The molecule has 1 aromatic rings. The van der Waals surface area contributed by atoms with Gasteiger partial charge in [0.2, 0.25) is 0 Å². The summed E-state index contributed by atoms with van der Waals surface area (Å²) < 4.78 is 5.52. The monoisotopic (exact) mass is 269 g/mol. The average molecular weight is 270 g/mol. The number of hydrogen-bond acceptors (Lipinski definition) is 3. The Labute approximate surface area is 111 Å². The predicted octanol–water partition coefficient (Wildman–Crippen LogP) is 1.70. The Morgan fingerprint density at radius 3 is 2.78 bits per heavy atom. The molecular formula is C13H16ClNO3. The van der Waals surface area contributed by atoms with Gasteiger partial charge in [-0.15, -0.1) is 0 Å². The van der Waals surface area contributed by atoms with E-state index >= 15 is 0 Å². The van der Waals surface area contributed by atoms with Gasteiger partial charge in [0.25, 0.3) is 5.91 Å². The van der Waals surface area contributed by atoms with Crippen LogP contribution in [0.15, 0.2) is 24.3 Å². The van der Waals surface area contributed by atoms with Crippen LogP contribution in [-0.2, 0) is 4.79 Å². The maximum Gasteiger partial charge on any atom is 0.263 e. The zero-order valence-electron chi connectivity index (χ0n) is 10.4. The third kappa shape index (κ3) is 2.94. The van der Waals surface area contributed by atoms with Crippen LogP contribution in [0.1, 0.15) is 13.8 Å². The Morgan fingerprint density at radius 2 is 2.22 bits per heavy atom. The molecule has 98 valence electrons. The van der Waals surface area contributed by atoms with E-state index in [0.29, 0.717) is 23.9 Å². The van der Waals surface area contributed by atoms with Crippen LogP contribution in [0.4, 0.5) is 0 Å². The number of aliphatic hydroxyl groups is 1. The molecule has 1 aliphatic rings. The second-order valence-electron chi connectivity index (χ2n) is 4.91. The van der Waals surface area contributed by atoms with Gasteiger partial charge in [0, 0.05) is 5.02 Å². The van der Waals surface area contributed by atoms with Crippen LogP contribution in [0.25, 0.3) is 0 Å². The van der Waals surface area contributed by atoms with Gasteiger partial charge in [-0.2, -0.15) is 0 Å². The van der Waals surface area contributed by atoms with Gasteiger partial charge in [-0.1, -0.05) is 17.7 Å². The molecule has 0 spiro atoms. The molecule has 0 saturated carbocycles. The van der Waals surface area contributed by atoms with Crippen molar-refractivity contribution in [1.82, 2.24) is 4.90 Å². The van der Waals surface area contributed by atoms with Gasteiger partial charge >= 0.3 is 0 Å². The van der Waals surface area contributed by atoms with E-state index in [1.165, 1.54) is 0 Å². The molecule has 1 heterocycles.